The standard InChI is InChI=1S/C10H20FN3/c1-3-5-7-13-9-12-14(10(13)11)8-6-4-2/h9-10H,3-8H2,1-2H3. The topological polar surface area (TPSA) is 18.8 Å². The lowest BCUT2D eigenvalue weighted by Gasteiger charge is -2.23. The summed E-state index contributed by atoms with van der Waals surface area (Å²) in [4.78, 5) is 1.67. The van der Waals surface area contributed by atoms with Crippen LogP contribution in [0.15, 0.2) is 5.10 Å². The second-order valence-electron chi connectivity index (χ2n) is 3.65. The fourth-order valence-corrected chi connectivity index (χ4v) is 1.40. The van der Waals surface area contributed by atoms with Crippen LogP contribution in [0.5, 0.6) is 0 Å². The number of unbranched alkanes of at least 4 members (excludes halogenated alkanes) is 2. The normalized spacial score (nSPS) is 20.9. The Bertz CT molecular complexity index is 166. The van der Waals surface area contributed by atoms with Crippen molar-refractivity contribution in [1.82, 2.24) is 9.91 Å². The van der Waals surface area contributed by atoms with Crippen molar-refractivity contribution >= 4 is 6.34 Å². The van der Waals surface area contributed by atoms with Gasteiger partial charge in [0.05, 0.1) is 0 Å². The number of nitrogens with zero attached hydrogens (tertiary/aromatic N) is 3. The van der Waals surface area contributed by atoms with Gasteiger partial charge in [-0.15, -0.1) is 0 Å². The van der Waals surface area contributed by atoms with Crippen molar-refractivity contribution < 1.29 is 4.39 Å². The lowest BCUT2D eigenvalue weighted by atomic mass is 10.3. The lowest BCUT2D eigenvalue weighted by Crippen LogP contribution is -2.36. The fourth-order valence-electron chi connectivity index (χ4n) is 1.40. The second kappa shape index (κ2) is 5.83. The molecule has 1 aliphatic heterocycles. The van der Waals surface area contributed by atoms with Crippen molar-refractivity contribution in [3.63, 3.8) is 0 Å². The van der Waals surface area contributed by atoms with E-state index in [9.17, 15) is 4.39 Å². The molecule has 0 aliphatic carbocycles. The van der Waals surface area contributed by atoms with Crippen LogP contribution >= 0.6 is 0 Å². The smallest absolute Gasteiger partial charge is 0.265 e. The molecule has 1 atom stereocenters. The molecule has 0 bridgehead atoms. The molecule has 3 nitrogen and oxygen atoms in total. The van der Waals surface area contributed by atoms with E-state index in [1.807, 2.05) is 0 Å². The third kappa shape index (κ3) is 2.86. The monoisotopic (exact) mass is 201 g/mol. The summed E-state index contributed by atoms with van der Waals surface area (Å²) in [6.07, 6.45) is 4.77. The van der Waals surface area contributed by atoms with Gasteiger partial charge in [0.2, 0.25) is 0 Å². The number of alkyl halides is 1. The highest BCUT2D eigenvalue weighted by atomic mass is 19.1. The summed E-state index contributed by atoms with van der Waals surface area (Å²) >= 11 is 0. The summed E-state index contributed by atoms with van der Waals surface area (Å²) in [5.41, 5.74) is 0. The lowest BCUT2D eigenvalue weighted by molar-refractivity contribution is 0.0142. The Morgan fingerprint density at radius 1 is 1.21 bits per heavy atom. The van der Waals surface area contributed by atoms with Crippen LogP contribution in [-0.2, 0) is 0 Å². The number of hydrazone groups is 1. The van der Waals surface area contributed by atoms with Gasteiger partial charge in [-0.25, -0.2) is 5.01 Å². The van der Waals surface area contributed by atoms with Gasteiger partial charge in [0.25, 0.3) is 6.42 Å². The van der Waals surface area contributed by atoms with Crippen LogP contribution in [-0.4, -0.2) is 35.8 Å². The first kappa shape index (κ1) is 11.3. The van der Waals surface area contributed by atoms with E-state index in [2.05, 4.69) is 18.9 Å². The summed E-state index contributed by atoms with van der Waals surface area (Å²) in [5, 5.41) is 5.57. The first-order valence-corrected chi connectivity index (χ1v) is 5.50. The zero-order valence-corrected chi connectivity index (χ0v) is 9.12. The third-order valence-electron chi connectivity index (χ3n) is 2.38. The maximum Gasteiger partial charge on any atom is 0.265 e. The van der Waals surface area contributed by atoms with Crippen LogP contribution in [0, 0.1) is 0 Å². The summed E-state index contributed by atoms with van der Waals surface area (Å²) in [6.45, 7) is 5.69. The molecule has 1 heterocycles. The quantitative estimate of drug-likeness (QED) is 0.614. The highest BCUT2D eigenvalue weighted by Gasteiger charge is 2.25. The minimum Gasteiger partial charge on any atom is -0.313 e. The highest BCUT2D eigenvalue weighted by Crippen LogP contribution is 2.14. The van der Waals surface area contributed by atoms with E-state index in [4.69, 9.17) is 0 Å². The molecule has 14 heavy (non-hydrogen) atoms. The van der Waals surface area contributed by atoms with E-state index >= 15 is 0 Å². The number of hydrogen-bond donors (Lipinski definition) is 0. The molecule has 0 aromatic heterocycles. The van der Waals surface area contributed by atoms with E-state index in [-0.39, 0.29) is 0 Å². The Kier molecular flexibility index (Phi) is 4.70. The van der Waals surface area contributed by atoms with E-state index in [1.54, 1.807) is 11.2 Å². The van der Waals surface area contributed by atoms with Crippen molar-refractivity contribution in [1.29, 1.82) is 0 Å². The maximum absolute atomic E-state index is 13.6. The molecule has 0 aromatic rings. The molecule has 1 unspecified atom stereocenters. The molecule has 0 saturated heterocycles. The van der Waals surface area contributed by atoms with Crippen molar-refractivity contribution in [2.45, 2.75) is 46.0 Å². The zero-order chi connectivity index (χ0) is 10.4. The third-order valence-corrected chi connectivity index (χ3v) is 2.38. The number of hydrogen-bond acceptors (Lipinski definition) is 3. The molecule has 0 fully saturated rings. The number of halogens is 1. The molecule has 0 radical (unpaired) electrons. The maximum atomic E-state index is 13.6. The van der Waals surface area contributed by atoms with E-state index in [0.29, 0.717) is 0 Å². The van der Waals surface area contributed by atoms with Gasteiger partial charge in [-0.05, 0) is 12.8 Å². The van der Waals surface area contributed by atoms with Crippen molar-refractivity contribution in [2.24, 2.45) is 5.10 Å². The minimum absolute atomic E-state index is 0.719. The van der Waals surface area contributed by atoms with Crippen LogP contribution in [0.1, 0.15) is 39.5 Å². The largest absolute Gasteiger partial charge is 0.313 e. The Balaban J connectivity index is 2.28. The van der Waals surface area contributed by atoms with Crippen LogP contribution in [0.4, 0.5) is 4.39 Å². The first-order chi connectivity index (χ1) is 6.79. The second-order valence-corrected chi connectivity index (χ2v) is 3.65. The van der Waals surface area contributed by atoms with Gasteiger partial charge in [0.15, 0.2) is 0 Å². The molecule has 0 amide bonds. The average Bonchev–Trinajstić information content (AvgIpc) is 2.54. The minimum atomic E-state index is -1.03. The van der Waals surface area contributed by atoms with E-state index in [0.717, 1.165) is 38.8 Å². The van der Waals surface area contributed by atoms with Crippen molar-refractivity contribution in [2.75, 3.05) is 13.1 Å². The zero-order valence-electron chi connectivity index (χ0n) is 9.12. The molecule has 0 N–H and O–H groups in total. The highest BCUT2D eigenvalue weighted by molar-refractivity contribution is 5.56. The van der Waals surface area contributed by atoms with Gasteiger partial charge in [-0.3, -0.25) is 0 Å². The van der Waals surface area contributed by atoms with Crippen LogP contribution < -0.4 is 0 Å². The van der Waals surface area contributed by atoms with Crippen LogP contribution in [0.3, 0.4) is 0 Å². The van der Waals surface area contributed by atoms with Gasteiger partial charge >= 0.3 is 0 Å². The average molecular weight is 201 g/mol. The Hall–Kier alpha value is -0.800. The van der Waals surface area contributed by atoms with Gasteiger partial charge in [0.1, 0.15) is 6.34 Å². The molecule has 0 spiro atoms. The molecule has 82 valence electrons. The Morgan fingerprint density at radius 3 is 2.50 bits per heavy atom. The van der Waals surface area contributed by atoms with E-state index < -0.39 is 6.42 Å². The summed E-state index contributed by atoms with van der Waals surface area (Å²) in [5.74, 6) is 0. The Labute approximate surface area is 85.6 Å². The molecule has 1 aliphatic rings. The molecular weight excluding hydrogens is 181 g/mol. The van der Waals surface area contributed by atoms with Gasteiger partial charge in [0, 0.05) is 13.1 Å². The van der Waals surface area contributed by atoms with Crippen LogP contribution in [0.25, 0.3) is 0 Å². The van der Waals surface area contributed by atoms with E-state index in [1.165, 1.54) is 5.01 Å². The summed E-state index contributed by atoms with van der Waals surface area (Å²) < 4.78 is 13.6. The summed E-state index contributed by atoms with van der Waals surface area (Å²) in [7, 11) is 0. The van der Waals surface area contributed by atoms with Gasteiger partial charge in [-0.2, -0.15) is 9.49 Å². The molecule has 1 rings (SSSR count). The molecule has 0 saturated carbocycles. The molecular formula is C10H20FN3. The van der Waals surface area contributed by atoms with Crippen LogP contribution in [0.2, 0.25) is 0 Å². The molecule has 0 aromatic carbocycles. The molecule has 4 heteroatoms. The van der Waals surface area contributed by atoms with Gasteiger partial charge in [-0.1, -0.05) is 26.7 Å². The SMILES string of the molecule is CCCCN1C=NN(CCCC)C1F. The Morgan fingerprint density at radius 2 is 1.86 bits per heavy atom. The predicted octanol–water partition coefficient (Wildman–Crippen LogP) is 2.40. The fraction of sp³-hybridized carbons (Fsp3) is 0.900. The van der Waals surface area contributed by atoms with Crippen molar-refractivity contribution in [3.05, 3.63) is 0 Å². The number of rotatable bonds is 6. The summed E-state index contributed by atoms with van der Waals surface area (Å²) in [6, 6.07) is 0. The first-order valence-electron chi connectivity index (χ1n) is 5.50. The van der Waals surface area contributed by atoms with Gasteiger partial charge < -0.3 is 4.90 Å². The predicted molar refractivity (Wildman–Crippen MR) is 56.6 cm³/mol. The van der Waals surface area contributed by atoms with Crippen molar-refractivity contribution in [3.8, 4) is 0 Å².